The number of hydrogen-bond donors (Lipinski definition) is 1. The Bertz CT molecular complexity index is 587. The summed E-state index contributed by atoms with van der Waals surface area (Å²) in [6, 6.07) is 6.45. The number of halogens is 1. The molecule has 0 atom stereocenters. The van der Waals surface area contributed by atoms with Gasteiger partial charge < -0.3 is 9.88 Å². The largest absolute Gasteiger partial charge is 0.351 e. The first kappa shape index (κ1) is 12.6. The molecule has 0 aliphatic carbocycles. The Labute approximate surface area is 106 Å². The monoisotopic (exact) mass is 248 g/mol. The van der Waals surface area contributed by atoms with Gasteiger partial charge in [-0.3, -0.25) is 4.79 Å². The molecule has 4 heteroatoms. The second-order valence-corrected chi connectivity index (χ2v) is 4.87. The molecule has 0 aliphatic rings. The first-order valence-electron chi connectivity index (χ1n) is 6.03. The van der Waals surface area contributed by atoms with Crippen LogP contribution in [0.1, 0.15) is 24.3 Å². The second-order valence-electron chi connectivity index (χ2n) is 4.87. The highest BCUT2D eigenvalue weighted by atomic mass is 19.1. The van der Waals surface area contributed by atoms with Gasteiger partial charge in [-0.25, -0.2) is 4.39 Å². The highest BCUT2D eigenvalue weighted by Crippen LogP contribution is 2.21. The van der Waals surface area contributed by atoms with E-state index in [2.05, 4.69) is 5.32 Å². The Morgan fingerprint density at radius 1 is 1.44 bits per heavy atom. The zero-order valence-electron chi connectivity index (χ0n) is 10.8. The number of carbonyl (C=O) groups is 1. The van der Waals surface area contributed by atoms with Gasteiger partial charge in [0.2, 0.25) is 0 Å². The van der Waals surface area contributed by atoms with Crippen LogP contribution in [0.5, 0.6) is 0 Å². The molecule has 1 amide bonds. The SMILES string of the molecule is CC(C)CNC(=O)c1cc2c(F)cccc2n1C. The summed E-state index contributed by atoms with van der Waals surface area (Å²) in [5.74, 6) is -0.0758. The Morgan fingerprint density at radius 3 is 2.78 bits per heavy atom. The van der Waals surface area contributed by atoms with Gasteiger partial charge in [-0.2, -0.15) is 0 Å². The van der Waals surface area contributed by atoms with Crippen molar-refractivity contribution in [3.8, 4) is 0 Å². The van der Waals surface area contributed by atoms with E-state index in [0.717, 1.165) is 5.52 Å². The van der Waals surface area contributed by atoms with Crippen LogP contribution in [0.2, 0.25) is 0 Å². The van der Waals surface area contributed by atoms with Crippen LogP contribution in [0.15, 0.2) is 24.3 Å². The lowest BCUT2D eigenvalue weighted by atomic mass is 10.2. The quantitative estimate of drug-likeness (QED) is 0.890. The molecule has 1 aromatic heterocycles. The Hall–Kier alpha value is -1.84. The van der Waals surface area contributed by atoms with Gasteiger partial charge >= 0.3 is 0 Å². The van der Waals surface area contributed by atoms with E-state index in [9.17, 15) is 9.18 Å². The molecule has 0 fully saturated rings. The average molecular weight is 248 g/mol. The third-order valence-corrected chi connectivity index (χ3v) is 2.94. The molecule has 0 spiro atoms. The van der Waals surface area contributed by atoms with E-state index in [1.54, 1.807) is 29.8 Å². The summed E-state index contributed by atoms with van der Waals surface area (Å²) in [7, 11) is 1.77. The average Bonchev–Trinajstić information content (AvgIpc) is 2.66. The summed E-state index contributed by atoms with van der Waals surface area (Å²) < 4.78 is 15.3. The molecule has 18 heavy (non-hydrogen) atoms. The third kappa shape index (κ3) is 2.23. The topological polar surface area (TPSA) is 34.0 Å². The number of carbonyl (C=O) groups excluding carboxylic acids is 1. The first-order valence-corrected chi connectivity index (χ1v) is 6.03. The zero-order chi connectivity index (χ0) is 13.3. The predicted octanol–water partition coefficient (Wildman–Crippen LogP) is 2.70. The van der Waals surface area contributed by atoms with Crippen molar-refractivity contribution in [3.05, 3.63) is 35.8 Å². The van der Waals surface area contributed by atoms with Crippen LogP contribution in [0.4, 0.5) is 4.39 Å². The molecular formula is C14H17FN2O. The summed E-state index contributed by atoms with van der Waals surface area (Å²) in [6.07, 6.45) is 0. The van der Waals surface area contributed by atoms with Gasteiger partial charge in [-0.1, -0.05) is 19.9 Å². The molecule has 0 unspecified atom stereocenters. The fourth-order valence-electron chi connectivity index (χ4n) is 1.93. The number of rotatable bonds is 3. The smallest absolute Gasteiger partial charge is 0.267 e. The van der Waals surface area contributed by atoms with E-state index in [1.165, 1.54) is 6.07 Å². The van der Waals surface area contributed by atoms with E-state index < -0.39 is 0 Å². The zero-order valence-corrected chi connectivity index (χ0v) is 10.8. The number of aromatic nitrogens is 1. The Morgan fingerprint density at radius 2 is 2.17 bits per heavy atom. The van der Waals surface area contributed by atoms with Crippen LogP contribution in [0.3, 0.4) is 0 Å². The van der Waals surface area contributed by atoms with Crippen molar-refractivity contribution >= 4 is 16.8 Å². The van der Waals surface area contributed by atoms with E-state index in [1.807, 2.05) is 13.8 Å². The first-order chi connectivity index (χ1) is 8.50. The molecule has 96 valence electrons. The van der Waals surface area contributed by atoms with Gasteiger partial charge in [0, 0.05) is 19.0 Å². The number of nitrogens with zero attached hydrogens (tertiary/aromatic N) is 1. The van der Waals surface area contributed by atoms with Gasteiger partial charge in [-0.15, -0.1) is 0 Å². The minimum absolute atomic E-state index is 0.165. The lowest BCUT2D eigenvalue weighted by Gasteiger charge is -2.08. The molecule has 0 radical (unpaired) electrons. The lowest BCUT2D eigenvalue weighted by molar-refractivity contribution is 0.0941. The molecule has 1 heterocycles. The molecular weight excluding hydrogens is 231 g/mol. The van der Waals surface area contributed by atoms with E-state index in [4.69, 9.17) is 0 Å². The van der Waals surface area contributed by atoms with Crippen LogP contribution in [-0.2, 0) is 7.05 Å². The molecule has 0 bridgehead atoms. The summed E-state index contributed by atoms with van der Waals surface area (Å²) in [4.78, 5) is 12.0. The maximum absolute atomic E-state index is 13.6. The molecule has 2 rings (SSSR count). The second kappa shape index (κ2) is 4.80. The molecule has 1 aromatic carbocycles. The number of hydrogen-bond acceptors (Lipinski definition) is 1. The molecule has 0 saturated carbocycles. The fourth-order valence-corrected chi connectivity index (χ4v) is 1.93. The van der Waals surface area contributed by atoms with Crippen molar-refractivity contribution < 1.29 is 9.18 Å². The van der Waals surface area contributed by atoms with Crippen molar-refractivity contribution in [3.63, 3.8) is 0 Å². The van der Waals surface area contributed by atoms with Crippen LogP contribution in [0, 0.1) is 11.7 Å². The fraction of sp³-hybridized carbons (Fsp3) is 0.357. The van der Waals surface area contributed by atoms with Crippen molar-refractivity contribution in [2.24, 2.45) is 13.0 Å². The van der Waals surface area contributed by atoms with Crippen LogP contribution < -0.4 is 5.32 Å². The number of fused-ring (bicyclic) bond motifs is 1. The number of aryl methyl sites for hydroxylation is 1. The van der Waals surface area contributed by atoms with Gasteiger partial charge in [0.25, 0.3) is 5.91 Å². The summed E-state index contributed by atoms with van der Waals surface area (Å²) >= 11 is 0. The predicted molar refractivity (Wildman–Crippen MR) is 70.0 cm³/mol. The van der Waals surface area contributed by atoms with Crippen LogP contribution >= 0.6 is 0 Å². The highest BCUT2D eigenvalue weighted by molar-refractivity contribution is 5.98. The van der Waals surface area contributed by atoms with Crippen LogP contribution in [-0.4, -0.2) is 17.0 Å². The maximum atomic E-state index is 13.6. The van der Waals surface area contributed by atoms with E-state index in [-0.39, 0.29) is 11.7 Å². The van der Waals surface area contributed by atoms with Gasteiger partial charge in [0.1, 0.15) is 11.5 Å². The standard InChI is InChI=1S/C14H17FN2O/c1-9(2)8-16-14(18)13-7-10-11(15)5-4-6-12(10)17(13)3/h4-7,9H,8H2,1-3H3,(H,16,18). The minimum atomic E-state index is -0.300. The molecule has 2 aromatic rings. The van der Waals surface area contributed by atoms with Crippen molar-refractivity contribution in [2.75, 3.05) is 6.54 Å². The number of nitrogens with one attached hydrogen (secondary N) is 1. The van der Waals surface area contributed by atoms with E-state index in [0.29, 0.717) is 23.5 Å². The minimum Gasteiger partial charge on any atom is -0.351 e. The summed E-state index contributed by atoms with van der Waals surface area (Å²) in [5, 5.41) is 3.32. The normalized spacial score (nSPS) is 11.2. The lowest BCUT2D eigenvalue weighted by Crippen LogP contribution is -2.28. The molecule has 0 aliphatic heterocycles. The molecule has 0 saturated heterocycles. The van der Waals surface area contributed by atoms with E-state index >= 15 is 0 Å². The van der Waals surface area contributed by atoms with Crippen molar-refractivity contribution in [1.82, 2.24) is 9.88 Å². The highest BCUT2D eigenvalue weighted by Gasteiger charge is 2.15. The van der Waals surface area contributed by atoms with Crippen LogP contribution in [0.25, 0.3) is 10.9 Å². The van der Waals surface area contributed by atoms with Crippen molar-refractivity contribution in [2.45, 2.75) is 13.8 Å². The maximum Gasteiger partial charge on any atom is 0.267 e. The number of benzene rings is 1. The Balaban J connectivity index is 2.37. The number of amides is 1. The molecule has 3 nitrogen and oxygen atoms in total. The van der Waals surface area contributed by atoms with Gasteiger partial charge in [-0.05, 0) is 24.1 Å². The summed E-state index contributed by atoms with van der Waals surface area (Å²) in [6.45, 7) is 4.67. The Kier molecular flexibility index (Phi) is 3.36. The van der Waals surface area contributed by atoms with Crippen molar-refractivity contribution in [1.29, 1.82) is 0 Å². The summed E-state index contributed by atoms with van der Waals surface area (Å²) in [5.41, 5.74) is 1.21. The van der Waals surface area contributed by atoms with Gasteiger partial charge in [0.15, 0.2) is 0 Å². The van der Waals surface area contributed by atoms with Gasteiger partial charge in [0.05, 0.1) is 5.52 Å². The third-order valence-electron chi connectivity index (χ3n) is 2.94. The molecule has 1 N–H and O–H groups in total.